The molecule has 8 heteroatoms. The summed E-state index contributed by atoms with van der Waals surface area (Å²) in [6, 6.07) is 14.8. The van der Waals surface area contributed by atoms with Gasteiger partial charge in [0.15, 0.2) is 0 Å². The molecule has 2 aliphatic rings. The Labute approximate surface area is 224 Å². The fraction of sp³-hybridized carbons (Fsp3) is 0.536. The lowest BCUT2D eigenvalue weighted by Crippen LogP contribution is -2.54. The van der Waals surface area contributed by atoms with Crippen molar-refractivity contribution in [1.29, 1.82) is 0 Å². The first-order valence-corrected chi connectivity index (χ1v) is 13.5. The van der Waals surface area contributed by atoms with Gasteiger partial charge in [-0.05, 0) is 47.2 Å². The number of halogens is 2. The topological polar surface area (TPSA) is 81.8 Å². The Morgan fingerprint density at radius 1 is 1.08 bits per heavy atom. The lowest BCUT2D eigenvalue weighted by molar-refractivity contribution is -0.135. The smallest absolute Gasteiger partial charge is 0.240 e. The van der Waals surface area contributed by atoms with Crippen molar-refractivity contribution in [1.82, 2.24) is 15.1 Å². The largest absolute Gasteiger partial charge is 0.395 e. The van der Waals surface area contributed by atoms with E-state index in [-0.39, 0.29) is 29.9 Å². The van der Waals surface area contributed by atoms with E-state index in [1.165, 1.54) is 0 Å². The molecule has 2 aliphatic heterocycles. The van der Waals surface area contributed by atoms with Crippen molar-refractivity contribution in [3.05, 3.63) is 69.7 Å². The van der Waals surface area contributed by atoms with E-state index in [0.717, 1.165) is 30.6 Å². The molecule has 4 N–H and O–H groups in total. The Hall–Kier alpha value is -1.67. The van der Waals surface area contributed by atoms with Crippen molar-refractivity contribution in [2.75, 3.05) is 39.3 Å². The number of amides is 1. The summed E-state index contributed by atoms with van der Waals surface area (Å²) in [6.07, 6.45) is 0.789. The van der Waals surface area contributed by atoms with E-state index in [2.05, 4.69) is 31.0 Å². The van der Waals surface area contributed by atoms with Gasteiger partial charge in [-0.1, -0.05) is 68.2 Å². The number of benzene rings is 2. The van der Waals surface area contributed by atoms with Gasteiger partial charge >= 0.3 is 0 Å². The van der Waals surface area contributed by atoms with Gasteiger partial charge in [-0.25, -0.2) is 0 Å². The molecule has 4 rings (SSSR count). The highest BCUT2D eigenvalue weighted by Gasteiger charge is 2.57. The summed E-state index contributed by atoms with van der Waals surface area (Å²) >= 11 is 12.7. The van der Waals surface area contributed by atoms with Crippen LogP contribution in [-0.2, 0) is 10.3 Å². The highest BCUT2D eigenvalue weighted by molar-refractivity contribution is 6.30. The highest BCUT2D eigenvalue weighted by Crippen LogP contribution is 2.48. The highest BCUT2D eigenvalue weighted by atomic mass is 35.5. The first kappa shape index (κ1) is 27.4. The van der Waals surface area contributed by atoms with Crippen LogP contribution in [0.1, 0.15) is 44.2 Å². The van der Waals surface area contributed by atoms with E-state index in [1.807, 2.05) is 53.4 Å². The summed E-state index contributed by atoms with van der Waals surface area (Å²) in [5.41, 5.74) is 8.49. The second-order valence-electron chi connectivity index (χ2n) is 11.3. The standard InChI is InChI=1S/C28H38Cl2N4O2/c1-27(2,3)18-23-28(31,20-7-9-21(29)10-8-20)24(19-5-4-6-22(30)17-19)25(32-23)26(36)34-13-11-33(12-14-34)15-16-35/h4-10,17,23-25,32,35H,11-16,18,31H2,1-3H3. The quantitative estimate of drug-likeness (QED) is 0.526. The molecule has 2 aromatic carbocycles. The van der Waals surface area contributed by atoms with E-state index in [1.54, 1.807) is 0 Å². The molecule has 0 radical (unpaired) electrons. The van der Waals surface area contributed by atoms with E-state index in [4.69, 9.17) is 28.9 Å². The molecular weight excluding hydrogens is 495 g/mol. The molecule has 196 valence electrons. The molecule has 6 nitrogen and oxygen atoms in total. The van der Waals surface area contributed by atoms with E-state index < -0.39 is 11.6 Å². The molecule has 0 spiro atoms. The van der Waals surface area contributed by atoms with Gasteiger partial charge in [0, 0.05) is 54.7 Å². The lowest BCUT2D eigenvalue weighted by Gasteiger charge is -2.40. The van der Waals surface area contributed by atoms with Crippen LogP contribution in [0.3, 0.4) is 0 Å². The van der Waals surface area contributed by atoms with Crippen molar-refractivity contribution >= 4 is 29.1 Å². The number of piperazine rings is 1. The lowest BCUT2D eigenvalue weighted by atomic mass is 9.68. The summed E-state index contributed by atoms with van der Waals surface area (Å²) in [4.78, 5) is 18.2. The van der Waals surface area contributed by atoms with Gasteiger partial charge in [-0.15, -0.1) is 0 Å². The van der Waals surface area contributed by atoms with Gasteiger partial charge in [-0.3, -0.25) is 9.69 Å². The first-order valence-electron chi connectivity index (χ1n) is 12.7. The predicted octanol–water partition coefficient (Wildman–Crippen LogP) is 3.84. The normalized spacial score (nSPS) is 27.4. The van der Waals surface area contributed by atoms with Crippen molar-refractivity contribution in [3.63, 3.8) is 0 Å². The molecule has 0 aliphatic carbocycles. The van der Waals surface area contributed by atoms with Gasteiger partial charge in [0.1, 0.15) is 0 Å². The van der Waals surface area contributed by atoms with Crippen LogP contribution in [0, 0.1) is 5.41 Å². The summed E-state index contributed by atoms with van der Waals surface area (Å²) in [5, 5.41) is 14.3. The van der Waals surface area contributed by atoms with Crippen LogP contribution in [0.4, 0.5) is 0 Å². The van der Waals surface area contributed by atoms with E-state index in [0.29, 0.717) is 29.7 Å². The number of nitrogens with one attached hydrogen (secondary N) is 1. The molecule has 2 aromatic rings. The Balaban J connectivity index is 1.77. The Bertz CT molecular complexity index is 1050. The fourth-order valence-corrected chi connectivity index (χ4v) is 6.14. The summed E-state index contributed by atoms with van der Waals surface area (Å²) in [5.74, 6) is -0.267. The zero-order chi connectivity index (χ0) is 26.1. The molecule has 0 aromatic heterocycles. The molecule has 0 bridgehead atoms. The van der Waals surface area contributed by atoms with Gasteiger partial charge in [0.2, 0.25) is 5.91 Å². The number of nitrogens with two attached hydrogens (primary N) is 1. The van der Waals surface area contributed by atoms with Crippen molar-refractivity contribution in [2.24, 2.45) is 11.1 Å². The third kappa shape index (κ3) is 5.74. The third-order valence-electron chi connectivity index (χ3n) is 7.54. The Kier molecular flexibility index (Phi) is 8.35. The zero-order valence-electron chi connectivity index (χ0n) is 21.4. The minimum Gasteiger partial charge on any atom is -0.395 e. The fourth-order valence-electron chi connectivity index (χ4n) is 5.82. The summed E-state index contributed by atoms with van der Waals surface area (Å²) in [7, 11) is 0. The number of carbonyl (C=O) groups is 1. The second-order valence-corrected chi connectivity index (χ2v) is 12.2. The van der Waals surface area contributed by atoms with Crippen LogP contribution in [0.25, 0.3) is 0 Å². The molecule has 4 atom stereocenters. The maximum atomic E-state index is 14.1. The van der Waals surface area contributed by atoms with E-state index >= 15 is 0 Å². The van der Waals surface area contributed by atoms with E-state index in [9.17, 15) is 9.90 Å². The average molecular weight is 534 g/mol. The van der Waals surface area contributed by atoms with Crippen molar-refractivity contribution in [2.45, 2.75) is 50.7 Å². The number of hydrogen-bond donors (Lipinski definition) is 3. The molecular formula is C28H38Cl2N4O2. The van der Waals surface area contributed by atoms with Gasteiger partial charge in [0.25, 0.3) is 0 Å². The molecule has 36 heavy (non-hydrogen) atoms. The molecule has 0 saturated carbocycles. The summed E-state index contributed by atoms with van der Waals surface area (Å²) < 4.78 is 0. The Morgan fingerprint density at radius 3 is 2.33 bits per heavy atom. The van der Waals surface area contributed by atoms with Crippen LogP contribution in [0.15, 0.2) is 48.5 Å². The molecule has 2 fully saturated rings. The van der Waals surface area contributed by atoms with Crippen LogP contribution in [-0.4, -0.2) is 72.2 Å². The maximum Gasteiger partial charge on any atom is 0.240 e. The summed E-state index contributed by atoms with van der Waals surface area (Å²) in [6.45, 7) is 10.1. The second kappa shape index (κ2) is 11.0. The molecule has 1 amide bonds. The van der Waals surface area contributed by atoms with Crippen molar-refractivity contribution < 1.29 is 9.90 Å². The van der Waals surface area contributed by atoms with Gasteiger partial charge < -0.3 is 21.1 Å². The Morgan fingerprint density at radius 2 is 1.75 bits per heavy atom. The minimum absolute atomic E-state index is 0.0124. The predicted molar refractivity (Wildman–Crippen MR) is 146 cm³/mol. The average Bonchev–Trinajstić information content (AvgIpc) is 3.11. The zero-order valence-corrected chi connectivity index (χ0v) is 22.9. The number of aliphatic hydroxyl groups is 1. The van der Waals surface area contributed by atoms with Gasteiger partial charge in [0.05, 0.1) is 18.2 Å². The SMILES string of the molecule is CC(C)(C)CC1NC(C(=O)N2CCN(CCO)CC2)C(c2cccc(Cl)c2)C1(N)c1ccc(Cl)cc1. The number of β-amino-alcohol motifs (C(OH)–C–C–N with tert-alkyl or cyclic N) is 1. The minimum atomic E-state index is -0.860. The van der Waals surface area contributed by atoms with Crippen LogP contribution < -0.4 is 11.1 Å². The van der Waals surface area contributed by atoms with Gasteiger partial charge in [-0.2, -0.15) is 0 Å². The molecule has 2 saturated heterocycles. The number of aliphatic hydroxyl groups excluding tert-OH is 1. The number of hydrogen-bond acceptors (Lipinski definition) is 5. The van der Waals surface area contributed by atoms with Crippen LogP contribution in [0.5, 0.6) is 0 Å². The van der Waals surface area contributed by atoms with Crippen LogP contribution >= 0.6 is 23.2 Å². The number of rotatable bonds is 6. The maximum absolute atomic E-state index is 14.1. The number of carbonyl (C=O) groups excluding carboxylic acids is 1. The monoisotopic (exact) mass is 532 g/mol. The van der Waals surface area contributed by atoms with Crippen LogP contribution in [0.2, 0.25) is 10.0 Å². The molecule has 4 unspecified atom stereocenters. The number of nitrogens with zero attached hydrogens (tertiary/aromatic N) is 2. The molecule has 2 heterocycles. The van der Waals surface area contributed by atoms with Crippen molar-refractivity contribution in [3.8, 4) is 0 Å². The first-order chi connectivity index (χ1) is 17.0. The third-order valence-corrected chi connectivity index (χ3v) is 8.03.